The lowest BCUT2D eigenvalue weighted by molar-refractivity contribution is -0.152. The Morgan fingerprint density at radius 1 is 0.614 bits per heavy atom. The van der Waals surface area contributed by atoms with Gasteiger partial charge in [0.25, 0.3) is 0 Å². The van der Waals surface area contributed by atoms with Gasteiger partial charge in [0, 0.05) is 12.8 Å². The van der Waals surface area contributed by atoms with E-state index in [1.54, 1.807) is 6.08 Å². The molecule has 0 aromatic heterocycles. The van der Waals surface area contributed by atoms with Crippen LogP contribution in [0.2, 0.25) is 0 Å². The van der Waals surface area contributed by atoms with Gasteiger partial charge in [0.1, 0.15) is 19.3 Å². The van der Waals surface area contributed by atoms with E-state index in [9.17, 15) is 19.8 Å². The van der Waals surface area contributed by atoms with Crippen LogP contribution in [0, 0.1) is 5.92 Å². The smallest absolute Gasteiger partial charge is 0.305 e. The van der Waals surface area contributed by atoms with E-state index in [1.807, 2.05) is 18.2 Å². The zero-order valence-electron chi connectivity index (χ0n) is 28.4. The molecule has 0 saturated heterocycles. The van der Waals surface area contributed by atoms with Gasteiger partial charge in [-0.3, -0.25) is 9.59 Å². The Labute approximate surface area is 270 Å². The van der Waals surface area contributed by atoms with Gasteiger partial charge in [0.15, 0.2) is 0 Å². The molecule has 254 valence electrons. The molecule has 2 atom stereocenters. The number of ether oxygens (including phenoxy) is 2. The fourth-order valence-corrected chi connectivity index (χ4v) is 4.61. The molecular formula is C38H66O6. The van der Waals surface area contributed by atoms with Crippen molar-refractivity contribution >= 4 is 11.9 Å². The summed E-state index contributed by atoms with van der Waals surface area (Å²) in [5.74, 6) is 0.0427. The quantitative estimate of drug-likeness (QED) is 0.0360. The molecule has 6 heteroatoms. The van der Waals surface area contributed by atoms with Crippen molar-refractivity contribution in [1.29, 1.82) is 0 Å². The number of allylic oxidation sites excluding steroid dienone is 7. The second-order valence-electron chi connectivity index (χ2n) is 12.3. The molecule has 2 N–H and O–H groups in total. The first-order chi connectivity index (χ1) is 21.3. The zero-order chi connectivity index (χ0) is 32.5. The van der Waals surface area contributed by atoms with Crippen molar-refractivity contribution in [1.82, 2.24) is 0 Å². The number of aliphatic hydroxyl groups is 2. The number of rotatable bonds is 30. The van der Waals surface area contributed by atoms with Gasteiger partial charge < -0.3 is 19.7 Å². The largest absolute Gasteiger partial charge is 0.463 e. The van der Waals surface area contributed by atoms with E-state index >= 15 is 0 Å². The van der Waals surface area contributed by atoms with Crippen molar-refractivity contribution in [2.45, 2.75) is 161 Å². The molecule has 0 unspecified atom stereocenters. The Balaban J connectivity index is 3.68. The summed E-state index contributed by atoms with van der Waals surface area (Å²) in [6.07, 6.45) is 34.8. The number of aliphatic hydroxyl groups excluding tert-OH is 2. The maximum atomic E-state index is 11.9. The number of hydrogen-bond donors (Lipinski definition) is 2. The third-order valence-electron chi connectivity index (χ3n) is 7.35. The van der Waals surface area contributed by atoms with E-state index in [4.69, 9.17) is 9.47 Å². The Bertz CT molecular complexity index is 782. The number of unbranched alkanes of at least 4 members (excludes halogenated alkanes) is 11. The van der Waals surface area contributed by atoms with Crippen molar-refractivity contribution in [3.63, 3.8) is 0 Å². The molecule has 0 aromatic carbocycles. The third kappa shape index (κ3) is 32.7. The van der Waals surface area contributed by atoms with E-state index in [0.29, 0.717) is 19.3 Å². The Kier molecular flexibility index (Phi) is 30.6. The number of hydrogen-bond acceptors (Lipinski definition) is 6. The monoisotopic (exact) mass is 618 g/mol. The van der Waals surface area contributed by atoms with Gasteiger partial charge in [-0.05, 0) is 50.9 Å². The van der Waals surface area contributed by atoms with E-state index in [1.165, 1.54) is 64.2 Å². The highest BCUT2D eigenvalue weighted by molar-refractivity contribution is 5.69. The van der Waals surface area contributed by atoms with E-state index < -0.39 is 18.2 Å². The second-order valence-corrected chi connectivity index (χ2v) is 12.3. The second kappa shape index (κ2) is 32.2. The van der Waals surface area contributed by atoms with Gasteiger partial charge in [0.05, 0.1) is 6.10 Å². The van der Waals surface area contributed by atoms with Gasteiger partial charge in [-0.1, -0.05) is 140 Å². The van der Waals surface area contributed by atoms with Gasteiger partial charge in [-0.25, -0.2) is 0 Å². The standard InChI is InChI=1S/C38H66O6/c1-4-5-6-7-8-9-10-11-12-15-18-21-24-28-35(39)29-26-31-38(42)44-33-36(40)32-43-37(41)30-25-22-19-16-13-14-17-20-23-27-34(2)3/h8-9,11-12,18,21,24,28,34-36,39-40H,4-7,10,13-17,19-20,22-23,25-27,29-33H2,1-3H3/b9-8-,12-11-,21-18-,28-24+/t35-,36-/m1/s1. The van der Waals surface area contributed by atoms with Crippen LogP contribution in [0.15, 0.2) is 48.6 Å². The zero-order valence-corrected chi connectivity index (χ0v) is 28.4. The minimum Gasteiger partial charge on any atom is -0.463 e. The Morgan fingerprint density at radius 2 is 1.16 bits per heavy atom. The molecule has 0 saturated carbocycles. The van der Waals surface area contributed by atoms with Crippen molar-refractivity contribution < 1.29 is 29.3 Å². The lowest BCUT2D eigenvalue weighted by Crippen LogP contribution is -2.25. The summed E-state index contributed by atoms with van der Waals surface area (Å²) in [4.78, 5) is 23.8. The maximum Gasteiger partial charge on any atom is 0.305 e. The molecule has 0 aliphatic carbocycles. The van der Waals surface area contributed by atoms with Crippen molar-refractivity contribution in [3.8, 4) is 0 Å². The molecular weight excluding hydrogens is 552 g/mol. The number of esters is 2. The molecule has 0 bridgehead atoms. The summed E-state index contributed by atoms with van der Waals surface area (Å²) >= 11 is 0. The first-order valence-electron chi connectivity index (χ1n) is 17.7. The highest BCUT2D eigenvalue weighted by Gasteiger charge is 2.12. The summed E-state index contributed by atoms with van der Waals surface area (Å²) in [7, 11) is 0. The van der Waals surface area contributed by atoms with Crippen LogP contribution in [0.1, 0.15) is 149 Å². The highest BCUT2D eigenvalue weighted by Crippen LogP contribution is 2.13. The number of carbonyl (C=O) groups is 2. The molecule has 44 heavy (non-hydrogen) atoms. The van der Waals surface area contributed by atoms with E-state index in [2.05, 4.69) is 45.1 Å². The predicted octanol–water partition coefficient (Wildman–Crippen LogP) is 9.50. The van der Waals surface area contributed by atoms with E-state index in [0.717, 1.165) is 44.4 Å². The number of carbonyl (C=O) groups excluding carboxylic acids is 2. The van der Waals surface area contributed by atoms with Crippen LogP contribution in [-0.4, -0.2) is 47.6 Å². The van der Waals surface area contributed by atoms with Crippen molar-refractivity contribution in [2.24, 2.45) is 5.92 Å². The SMILES string of the molecule is CCCCC/C=C\C/C=C\C/C=C\C=C\[C@@H](O)CCCC(=O)OC[C@H](O)COC(=O)CCCCCCCCCCCC(C)C. The lowest BCUT2D eigenvalue weighted by Gasteiger charge is -2.12. The van der Waals surface area contributed by atoms with Crippen LogP contribution in [-0.2, 0) is 19.1 Å². The first-order valence-corrected chi connectivity index (χ1v) is 17.7. The summed E-state index contributed by atoms with van der Waals surface area (Å²) < 4.78 is 10.2. The van der Waals surface area contributed by atoms with Crippen LogP contribution in [0.4, 0.5) is 0 Å². The van der Waals surface area contributed by atoms with E-state index in [-0.39, 0.29) is 25.6 Å². The Hall–Kier alpha value is -2.18. The predicted molar refractivity (Wildman–Crippen MR) is 183 cm³/mol. The van der Waals surface area contributed by atoms with Gasteiger partial charge >= 0.3 is 11.9 Å². The molecule has 6 nitrogen and oxygen atoms in total. The lowest BCUT2D eigenvalue weighted by atomic mass is 10.0. The molecule has 0 aliphatic rings. The fraction of sp³-hybridized carbons (Fsp3) is 0.737. The van der Waals surface area contributed by atoms with Crippen LogP contribution in [0.3, 0.4) is 0 Å². The summed E-state index contributed by atoms with van der Waals surface area (Å²) in [5, 5.41) is 20.0. The molecule has 0 aromatic rings. The van der Waals surface area contributed by atoms with Gasteiger partial charge in [-0.15, -0.1) is 0 Å². The topological polar surface area (TPSA) is 93.1 Å². The van der Waals surface area contributed by atoms with Crippen LogP contribution >= 0.6 is 0 Å². The minimum atomic E-state index is -1.04. The normalized spacial score (nSPS) is 13.6. The summed E-state index contributed by atoms with van der Waals surface area (Å²) in [6.45, 7) is 6.39. The van der Waals surface area contributed by atoms with Gasteiger partial charge in [0.2, 0.25) is 0 Å². The molecule has 0 amide bonds. The average Bonchev–Trinajstić information content (AvgIpc) is 2.99. The van der Waals surface area contributed by atoms with Crippen LogP contribution < -0.4 is 0 Å². The molecule has 0 fully saturated rings. The fourth-order valence-electron chi connectivity index (χ4n) is 4.61. The average molecular weight is 619 g/mol. The summed E-state index contributed by atoms with van der Waals surface area (Å²) in [6, 6.07) is 0. The molecule has 0 radical (unpaired) electrons. The van der Waals surface area contributed by atoms with Gasteiger partial charge in [-0.2, -0.15) is 0 Å². The van der Waals surface area contributed by atoms with Crippen molar-refractivity contribution in [3.05, 3.63) is 48.6 Å². The van der Waals surface area contributed by atoms with Crippen LogP contribution in [0.5, 0.6) is 0 Å². The minimum absolute atomic E-state index is 0.156. The first kappa shape index (κ1) is 41.8. The van der Waals surface area contributed by atoms with Crippen LogP contribution in [0.25, 0.3) is 0 Å². The molecule has 0 aliphatic heterocycles. The third-order valence-corrected chi connectivity index (χ3v) is 7.35. The Morgan fingerprint density at radius 3 is 1.77 bits per heavy atom. The van der Waals surface area contributed by atoms with Crippen molar-refractivity contribution in [2.75, 3.05) is 13.2 Å². The molecule has 0 spiro atoms. The molecule has 0 heterocycles. The summed E-state index contributed by atoms with van der Waals surface area (Å²) in [5.41, 5.74) is 0. The highest BCUT2D eigenvalue weighted by atomic mass is 16.6. The maximum absolute atomic E-state index is 11.9. The molecule has 0 rings (SSSR count).